The molecule has 144 valence electrons. The van der Waals surface area contributed by atoms with E-state index in [-0.39, 0.29) is 24.0 Å². The van der Waals surface area contributed by atoms with Crippen LogP contribution in [0.15, 0.2) is 48.5 Å². The zero-order valence-electron chi connectivity index (χ0n) is 15.8. The number of nitrogens with one attached hydrogen (secondary N) is 1. The first-order valence-corrected chi connectivity index (χ1v) is 10.1. The van der Waals surface area contributed by atoms with E-state index < -0.39 is 5.92 Å². The van der Waals surface area contributed by atoms with Crippen LogP contribution in [0.3, 0.4) is 0 Å². The monoisotopic (exact) mass is 376 g/mol. The van der Waals surface area contributed by atoms with Crippen molar-refractivity contribution in [3.63, 3.8) is 0 Å². The van der Waals surface area contributed by atoms with Gasteiger partial charge in [-0.25, -0.2) is 0 Å². The highest BCUT2D eigenvalue weighted by atomic mass is 16.5. The van der Waals surface area contributed by atoms with Crippen LogP contribution in [0.5, 0.6) is 0 Å². The minimum absolute atomic E-state index is 0.0258. The largest absolute Gasteiger partial charge is 0.376 e. The van der Waals surface area contributed by atoms with Crippen molar-refractivity contribution < 1.29 is 14.3 Å². The van der Waals surface area contributed by atoms with Crippen LogP contribution in [-0.4, -0.2) is 42.5 Å². The highest BCUT2D eigenvalue weighted by molar-refractivity contribution is 6.01. The molecule has 0 aliphatic carbocycles. The van der Waals surface area contributed by atoms with Crippen LogP contribution in [0.25, 0.3) is 0 Å². The Labute approximate surface area is 164 Å². The van der Waals surface area contributed by atoms with Gasteiger partial charge < -0.3 is 15.0 Å². The summed E-state index contributed by atoms with van der Waals surface area (Å²) in [4.78, 5) is 28.4. The minimum Gasteiger partial charge on any atom is -0.376 e. The summed E-state index contributed by atoms with van der Waals surface area (Å²) in [5.41, 5.74) is 3.80. The summed E-state index contributed by atoms with van der Waals surface area (Å²) < 4.78 is 5.66. The van der Waals surface area contributed by atoms with Gasteiger partial charge in [-0.3, -0.25) is 9.59 Å². The SMILES string of the molecule is O=C(NCC1CCCO1)C1c2ccccc2C(=O)N2CCc3ccccc3C12. The third kappa shape index (κ3) is 2.81. The smallest absolute Gasteiger partial charge is 0.254 e. The van der Waals surface area contributed by atoms with Crippen LogP contribution >= 0.6 is 0 Å². The van der Waals surface area contributed by atoms with E-state index in [1.807, 2.05) is 41.3 Å². The molecular formula is C23H24N2O3. The molecular weight excluding hydrogens is 352 g/mol. The number of hydrogen-bond acceptors (Lipinski definition) is 3. The maximum absolute atomic E-state index is 13.4. The number of fused-ring (bicyclic) bond motifs is 4. The zero-order chi connectivity index (χ0) is 19.1. The Balaban J connectivity index is 1.54. The Morgan fingerprint density at radius 3 is 2.71 bits per heavy atom. The van der Waals surface area contributed by atoms with E-state index in [0.29, 0.717) is 18.7 Å². The molecule has 0 radical (unpaired) electrons. The van der Waals surface area contributed by atoms with E-state index in [4.69, 9.17) is 4.74 Å². The second-order valence-electron chi connectivity index (χ2n) is 7.84. The number of ether oxygens (including phenoxy) is 1. The van der Waals surface area contributed by atoms with Crippen LogP contribution < -0.4 is 5.32 Å². The predicted octanol–water partition coefficient (Wildman–Crippen LogP) is 2.82. The van der Waals surface area contributed by atoms with Crippen LogP contribution in [0.1, 0.15) is 51.8 Å². The van der Waals surface area contributed by atoms with Crippen molar-refractivity contribution in [2.75, 3.05) is 19.7 Å². The second-order valence-corrected chi connectivity index (χ2v) is 7.84. The molecule has 3 aliphatic heterocycles. The van der Waals surface area contributed by atoms with E-state index >= 15 is 0 Å². The molecule has 2 amide bonds. The average Bonchev–Trinajstić information content (AvgIpc) is 3.26. The van der Waals surface area contributed by atoms with Crippen molar-refractivity contribution in [3.05, 3.63) is 70.8 Å². The fraction of sp³-hybridized carbons (Fsp3) is 0.391. The van der Waals surface area contributed by atoms with Crippen LogP contribution in [0.4, 0.5) is 0 Å². The molecule has 3 aliphatic rings. The molecule has 1 fully saturated rings. The molecule has 0 bridgehead atoms. The van der Waals surface area contributed by atoms with Crippen LogP contribution in [0.2, 0.25) is 0 Å². The first-order valence-electron chi connectivity index (χ1n) is 10.1. The first-order chi connectivity index (χ1) is 13.7. The lowest BCUT2D eigenvalue weighted by atomic mass is 9.76. The maximum Gasteiger partial charge on any atom is 0.254 e. The molecule has 2 aromatic rings. The Hall–Kier alpha value is -2.66. The Kier molecular flexibility index (Phi) is 4.40. The summed E-state index contributed by atoms with van der Waals surface area (Å²) >= 11 is 0. The summed E-state index contributed by atoms with van der Waals surface area (Å²) in [5, 5.41) is 3.11. The lowest BCUT2D eigenvalue weighted by Crippen LogP contribution is -2.50. The summed E-state index contributed by atoms with van der Waals surface area (Å²) in [6.45, 7) is 1.94. The number of hydrogen-bond donors (Lipinski definition) is 1. The average molecular weight is 376 g/mol. The van der Waals surface area contributed by atoms with Crippen LogP contribution in [-0.2, 0) is 16.0 Å². The number of amides is 2. The van der Waals surface area contributed by atoms with E-state index in [2.05, 4.69) is 17.4 Å². The molecule has 5 rings (SSSR count). The van der Waals surface area contributed by atoms with Gasteiger partial charge in [0, 0.05) is 25.3 Å². The van der Waals surface area contributed by atoms with Crippen molar-refractivity contribution in [2.45, 2.75) is 37.3 Å². The molecule has 0 spiro atoms. The minimum atomic E-state index is -0.406. The summed E-state index contributed by atoms with van der Waals surface area (Å²) in [7, 11) is 0. The Morgan fingerprint density at radius 2 is 1.89 bits per heavy atom. The number of rotatable bonds is 3. The topological polar surface area (TPSA) is 58.6 Å². The van der Waals surface area contributed by atoms with Gasteiger partial charge in [0.15, 0.2) is 0 Å². The quantitative estimate of drug-likeness (QED) is 0.896. The van der Waals surface area contributed by atoms with Crippen molar-refractivity contribution in [2.24, 2.45) is 0 Å². The van der Waals surface area contributed by atoms with E-state index in [9.17, 15) is 9.59 Å². The van der Waals surface area contributed by atoms with Crippen LogP contribution in [0, 0.1) is 0 Å². The fourth-order valence-electron chi connectivity index (χ4n) is 4.89. The van der Waals surface area contributed by atoms with Crippen molar-refractivity contribution in [1.82, 2.24) is 10.2 Å². The molecule has 2 aromatic carbocycles. The lowest BCUT2D eigenvalue weighted by molar-refractivity contribution is -0.124. The standard InChI is InChI=1S/C23H24N2O3/c26-22(24-14-16-7-5-13-28-16)20-18-9-3-4-10-19(18)23(27)25-12-11-15-6-1-2-8-17(15)21(20)25/h1-4,6,8-10,16,20-21H,5,7,11-14H2,(H,24,26). The third-order valence-electron chi connectivity index (χ3n) is 6.24. The van der Waals surface area contributed by atoms with Gasteiger partial charge in [0.2, 0.25) is 5.91 Å². The van der Waals surface area contributed by atoms with E-state index in [1.54, 1.807) is 0 Å². The van der Waals surface area contributed by atoms with Gasteiger partial charge >= 0.3 is 0 Å². The van der Waals surface area contributed by atoms with Gasteiger partial charge in [-0.15, -0.1) is 0 Å². The highest BCUT2D eigenvalue weighted by Gasteiger charge is 2.46. The molecule has 0 aromatic heterocycles. The number of nitrogens with zero attached hydrogens (tertiary/aromatic N) is 1. The highest BCUT2D eigenvalue weighted by Crippen LogP contribution is 2.45. The maximum atomic E-state index is 13.4. The van der Waals surface area contributed by atoms with Gasteiger partial charge in [-0.05, 0) is 42.0 Å². The predicted molar refractivity (Wildman–Crippen MR) is 105 cm³/mol. The number of carbonyl (C=O) groups excluding carboxylic acids is 2. The summed E-state index contributed by atoms with van der Waals surface area (Å²) in [6.07, 6.45) is 2.95. The molecule has 3 heterocycles. The molecule has 28 heavy (non-hydrogen) atoms. The van der Waals surface area contributed by atoms with E-state index in [1.165, 1.54) is 5.56 Å². The van der Waals surface area contributed by atoms with Gasteiger partial charge in [-0.2, -0.15) is 0 Å². The van der Waals surface area contributed by atoms with Gasteiger partial charge in [0.1, 0.15) is 0 Å². The van der Waals surface area contributed by atoms with Crippen molar-refractivity contribution >= 4 is 11.8 Å². The van der Waals surface area contributed by atoms with E-state index in [0.717, 1.165) is 37.0 Å². The fourth-order valence-corrected chi connectivity index (χ4v) is 4.89. The Bertz CT molecular complexity index is 920. The molecule has 5 heteroatoms. The van der Waals surface area contributed by atoms with Gasteiger partial charge in [0.25, 0.3) is 5.91 Å². The second kappa shape index (κ2) is 7.06. The van der Waals surface area contributed by atoms with Gasteiger partial charge in [-0.1, -0.05) is 42.5 Å². The van der Waals surface area contributed by atoms with Crippen molar-refractivity contribution in [1.29, 1.82) is 0 Å². The third-order valence-corrected chi connectivity index (χ3v) is 6.24. The molecule has 3 unspecified atom stereocenters. The summed E-state index contributed by atoms with van der Waals surface area (Å²) in [5.74, 6) is -0.405. The van der Waals surface area contributed by atoms with Crippen molar-refractivity contribution in [3.8, 4) is 0 Å². The molecule has 5 nitrogen and oxygen atoms in total. The normalized spacial score (nSPS) is 25.6. The Morgan fingerprint density at radius 1 is 1.11 bits per heavy atom. The molecule has 0 saturated carbocycles. The first kappa shape index (κ1) is 17.4. The summed E-state index contributed by atoms with van der Waals surface area (Å²) in [6, 6.07) is 15.5. The molecule has 1 saturated heterocycles. The lowest BCUT2D eigenvalue weighted by Gasteiger charge is -2.45. The molecule has 1 N–H and O–H groups in total. The number of benzene rings is 2. The molecule has 3 atom stereocenters. The zero-order valence-corrected chi connectivity index (χ0v) is 15.8. The van der Waals surface area contributed by atoms with Gasteiger partial charge in [0.05, 0.1) is 18.1 Å². The number of carbonyl (C=O) groups is 2.